The SMILES string of the molecule is COc1ccccc1[C@H](C)NC(=O)c1ccc(OC)c(S(=O)(=O)NCc2ccccc2)c1. The van der Waals surface area contributed by atoms with Crippen LogP contribution in [0.25, 0.3) is 0 Å². The Balaban J connectivity index is 1.82. The highest BCUT2D eigenvalue weighted by Crippen LogP contribution is 2.27. The van der Waals surface area contributed by atoms with Crippen molar-refractivity contribution in [2.75, 3.05) is 14.2 Å². The number of para-hydroxylation sites is 1. The summed E-state index contributed by atoms with van der Waals surface area (Å²) in [6.45, 7) is 1.95. The number of amides is 1. The number of sulfonamides is 1. The van der Waals surface area contributed by atoms with Crippen LogP contribution in [0, 0.1) is 0 Å². The number of methoxy groups -OCH3 is 2. The summed E-state index contributed by atoms with van der Waals surface area (Å²) in [7, 11) is -0.974. The second-order valence-corrected chi connectivity index (χ2v) is 8.85. The topological polar surface area (TPSA) is 93.7 Å². The van der Waals surface area contributed by atoms with Gasteiger partial charge in [0, 0.05) is 17.7 Å². The van der Waals surface area contributed by atoms with E-state index in [4.69, 9.17) is 9.47 Å². The maximum atomic E-state index is 12.9. The van der Waals surface area contributed by atoms with Gasteiger partial charge in [-0.3, -0.25) is 4.79 Å². The van der Waals surface area contributed by atoms with Crippen molar-refractivity contribution >= 4 is 15.9 Å². The molecule has 1 amide bonds. The van der Waals surface area contributed by atoms with Crippen LogP contribution in [0.5, 0.6) is 11.5 Å². The molecule has 1 atom stereocenters. The van der Waals surface area contributed by atoms with Crippen LogP contribution in [0.4, 0.5) is 0 Å². The van der Waals surface area contributed by atoms with Gasteiger partial charge < -0.3 is 14.8 Å². The normalized spacial score (nSPS) is 12.1. The van der Waals surface area contributed by atoms with E-state index in [0.29, 0.717) is 5.75 Å². The second kappa shape index (κ2) is 10.3. The van der Waals surface area contributed by atoms with Crippen molar-refractivity contribution in [3.8, 4) is 11.5 Å². The van der Waals surface area contributed by atoms with Crippen LogP contribution in [0.1, 0.15) is 34.5 Å². The van der Waals surface area contributed by atoms with E-state index in [1.807, 2.05) is 61.5 Å². The van der Waals surface area contributed by atoms with Gasteiger partial charge in [-0.15, -0.1) is 0 Å². The highest BCUT2D eigenvalue weighted by atomic mass is 32.2. The first-order valence-corrected chi connectivity index (χ1v) is 11.5. The minimum Gasteiger partial charge on any atom is -0.496 e. The first kappa shape index (κ1) is 23.3. The lowest BCUT2D eigenvalue weighted by Crippen LogP contribution is -2.28. The summed E-state index contributed by atoms with van der Waals surface area (Å²) in [6, 6.07) is 20.5. The molecule has 0 aliphatic heterocycles. The number of hydrogen-bond donors (Lipinski definition) is 2. The number of rotatable bonds is 9. The van der Waals surface area contributed by atoms with E-state index in [1.165, 1.54) is 25.3 Å². The fourth-order valence-electron chi connectivity index (χ4n) is 3.26. The van der Waals surface area contributed by atoms with Crippen molar-refractivity contribution in [3.63, 3.8) is 0 Å². The fourth-order valence-corrected chi connectivity index (χ4v) is 4.47. The number of carbonyl (C=O) groups excluding carboxylic acids is 1. The van der Waals surface area contributed by atoms with Gasteiger partial charge in [-0.2, -0.15) is 0 Å². The molecule has 2 N–H and O–H groups in total. The van der Waals surface area contributed by atoms with Crippen LogP contribution in [0.2, 0.25) is 0 Å². The van der Waals surface area contributed by atoms with E-state index in [0.717, 1.165) is 11.1 Å². The van der Waals surface area contributed by atoms with Crippen LogP contribution < -0.4 is 19.5 Å². The van der Waals surface area contributed by atoms with Gasteiger partial charge in [0.25, 0.3) is 5.91 Å². The minimum absolute atomic E-state index is 0.103. The molecule has 0 bridgehead atoms. The third-order valence-electron chi connectivity index (χ3n) is 4.98. The van der Waals surface area contributed by atoms with Crippen molar-refractivity contribution in [2.45, 2.75) is 24.4 Å². The van der Waals surface area contributed by atoms with Crippen LogP contribution in [-0.2, 0) is 16.6 Å². The van der Waals surface area contributed by atoms with E-state index in [2.05, 4.69) is 10.0 Å². The minimum atomic E-state index is -3.92. The van der Waals surface area contributed by atoms with Crippen molar-refractivity contribution in [1.82, 2.24) is 10.0 Å². The highest BCUT2D eigenvalue weighted by molar-refractivity contribution is 7.89. The molecule has 3 aromatic rings. The predicted octanol–water partition coefficient (Wildman–Crippen LogP) is 3.67. The molecule has 0 saturated heterocycles. The summed E-state index contributed by atoms with van der Waals surface area (Å²) in [6.07, 6.45) is 0. The van der Waals surface area contributed by atoms with Crippen molar-refractivity contribution in [3.05, 3.63) is 89.5 Å². The standard InChI is InChI=1S/C24H26N2O5S/c1-17(20-11-7-8-12-21(20)30-2)26-24(27)19-13-14-22(31-3)23(15-19)32(28,29)25-16-18-9-5-4-6-10-18/h4-15,17,25H,16H2,1-3H3,(H,26,27)/t17-/m0/s1. The molecule has 0 fully saturated rings. The summed E-state index contributed by atoms with van der Waals surface area (Å²) in [5, 5.41) is 2.89. The molecule has 7 nitrogen and oxygen atoms in total. The van der Waals surface area contributed by atoms with E-state index in [9.17, 15) is 13.2 Å². The Hall–Kier alpha value is -3.36. The van der Waals surface area contributed by atoms with Gasteiger partial charge in [0.2, 0.25) is 10.0 Å². The number of benzene rings is 3. The van der Waals surface area contributed by atoms with Gasteiger partial charge >= 0.3 is 0 Å². The van der Waals surface area contributed by atoms with Crippen LogP contribution in [-0.4, -0.2) is 28.5 Å². The summed E-state index contributed by atoms with van der Waals surface area (Å²) in [5.74, 6) is 0.397. The molecular formula is C24H26N2O5S. The molecule has 0 radical (unpaired) electrons. The summed E-state index contributed by atoms with van der Waals surface area (Å²) in [4.78, 5) is 12.8. The molecule has 0 aliphatic carbocycles. The lowest BCUT2D eigenvalue weighted by Gasteiger charge is -2.18. The summed E-state index contributed by atoms with van der Waals surface area (Å²) < 4.78 is 39.0. The van der Waals surface area contributed by atoms with Crippen LogP contribution >= 0.6 is 0 Å². The van der Waals surface area contributed by atoms with Crippen molar-refractivity contribution in [2.24, 2.45) is 0 Å². The average Bonchev–Trinajstić information content (AvgIpc) is 2.82. The number of nitrogens with one attached hydrogen (secondary N) is 2. The zero-order valence-electron chi connectivity index (χ0n) is 18.2. The highest BCUT2D eigenvalue weighted by Gasteiger charge is 2.22. The Morgan fingerprint density at radius 2 is 1.56 bits per heavy atom. The maximum absolute atomic E-state index is 12.9. The summed E-state index contributed by atoms with van der Waals surface area (Å²) >= 11 is 0. The Bertz CT molecular complexity index is 1180. The molecule has 0 aromatic heterocycles. The van der Waals surface area contributed by atoms with E-state index in [1.54, 1.807) is 7.11 Å². The van der Waals surface area contributed by atoms with E-state index in [-0.39, 0.29) is 28.8 Å². The Kier molecular flexibility index (Phi) is 7.50. The lowest BCUT2D eigenvalue weighted by molar-refractivity contribution is 0.0939. The zero-order valence-corrected chi connectivity index (χ0v) is 19.0. The summed E-state index contributed by atoms with van der Waals surface area (Å²) in [5.41, 5.74) is 1.83. The van der Waals surface area contributed by atoms with Crippen molar-refractivity contribution in [1.29, 1.82) is 0 Å². The predicted molar refractivity (Wildman–Crippen MR) is 122 cm³/mol. The van der Waals surface area contributed by atoms with Gasteiger partial charge in [0.05, 0.1) is 20.3 Å². The molecule has 0 aliphatic rings. The monoisotopic (exact) mass is 454 g/mol. The molecule has 0 unspecified atom stereocenters. The third-order valence-corrected chi connectivity index (χ3v) is 6.40. The molecule has 32 heavy (non-hydrogen) atoms. The third kappa shape index (κ3) is 5.46. The molecule has 0 saturated carbocycles. The van der Waals surface area contributed by atoms with Gasteiger partial charge in [-0.05, 0) is 36.8 Å². The first-order valence-electron chi connectivity index (χ1n) is 10.0. The van der Waals surface area contributed by atoms with Crippen LogP contribution in [0.15, 0.2) is 77.7 Å². The number of hydrogen-bond acceptors (Lipinski definition) is 5. The molecular weight excluding hydrogens is 428 g/mol. The molecule has 8 heteroatoms. The molecule has 0 spiro atoms. The molecule has 3 rings (SSSR count). The van der Waals surface area contributed by atoms with Crippen molar-refractivity contribution < 1.29 is 22.7 Å². The van der Waals surface area contributed by atoms with Gasteiger partial charge in [0.1, 0.15) is 16.4 Å². The lowest BCUT2D eigenvalue weighted by atomic mass is 10.1. The van der Waals surface area contributed by atoms with E-state index >= 15 is 0 Å². The van der Waals surface area contributed by atoms with Gasteiger partial charge in [0.15, 0.2) is 0 Å². The smallest absolute Gasteiger partial charge is 0.251 e. The Morgan fingerprint density at radius 3 is 2.25 bits per heavy atom. The molecule has 3 aromatic carbocycles. The average molecular weight is 455 g/mol. The Morgan fingerprint density at radius 1 is 0.906 bits per heavy atom. The Labute approximate surface area is 188 Å². The zero-order chi connectivity index (χ0) is 23.1. The van der Waals surface area contributed by atoms with Gasteiger partial charge in [-0.25, -0.2) is 13.1 Å². The maximum Gasteiger partial charge on any atom is 0.251 e. The fraction of sp³-hybridized carbons (Fsp3) is 0.208. The largest absolute Gasteiger partial charge is 0.496 e. The van der Waals surface area contributed by atoms with Gasteiger partial charge in [-0.1, -0.05) is 48.5 Å². The van der Waals surface area contributed by atoms with E-state index < -0.39 is 15.9 Å². The van der Waals surface area contributed by atoms with Crippen LogP contribution in [0.3, 0.4) is 0 Å². The number of ether oxygens (including phenoxy) is 2. The number of carbonyl (C=O) groups is 1. The molecule has 0 heterocycles. The quantitative estimate of drug-likeness (QED) is 0.515. The molecule has 168 valence electrons. The second-order valence-electron chi connectivity index (χ2n) is 7.11. The first-order chi connectivity index (χ1) is 15.4.